The van der Waals surface area contributed by atoms with Gasteiger partial charge in [0, 0.05) is 31.4 Å². The Hall–Kier alpha value is -1.40. The lowest BCUT2D eigenvalue weighted by Crippen LogP contribution is -2.57. The Labute approximate surface area is 102 Å². The summed E-state index contributed by atoms with van der Waals surface area (Å²) in [4.78, 5) is 13.0. The minimum atomic E-state index is 0.152. The minimum Gasteiger partial charge on any atom is -0.353 e. The third-order valence-electron chi connectivity index (χ3n) is 3.41. The number of rotatable bonds is 2. The molecule has 2 rings (SSSR count). The van der Waals surface area contributed by atoms with Crippen molar-refractivity contribution in [2.45, 2.75) is 19.4 Å². The zero-order valence-corrected chi connectivity index (χ0v) is 10.6. The maximum Gasteiger partial charge on any atom is 0.239 e. The van der Waals surface area contributed by atoms with Gasteiger partial charge in [0.05, 0.1) is 0 Å². The van der Waals surface area contributed by atoms with E-state index in [1.165, 1.54) is 0 Å². The van der Waals surface area contributed by atoms with Crippen molar-refractivity contribution < 1.29 is 0 Å². The molecular formula is C11H20N6. The standard InChI is InChI=1S/C11H20N6/c1-11(2)8-17(7-6-16(11)3)9-4-5-13-10(14-9)15-12/h4-5H,6-8,12H2,1-3H3,(H,13,14,15). The average molecular weight is 236 g/mol. The highest BCUT2D eigenvalue weighted by molar-refractivity contribution is 5.43. The normalized spacial score (nSPS) is 20.4. The second-order valence-corrected chi connectivity index (χ2v) is 5.04. The first-order valence-electron chi connectivity index (χ1n) is 5.79. The first-order chi connectivity index (χ1) is 8.03. The third kappa shape index (κ3) is 2.48. The lowest BCUT2D eigenvalue weighted by molar-refractivity contribution is 0.138. The molecule has 1 aromatic rings. The zero-order valence-electron chi connectivity index (χ0n) is 10.6. The van der Waals surface area contributed by atoms with Crippen LogP contribution in [0.2, 0.25) is 0 Å². The Kier molecular flexibility index (Phi) is 3.17. The first kappa shape index (κ1) is 12.1. The van der Waals surface area contributed by atoms with Gasteiger partial charge in [0.2, 0.25) is 5.95 Å². The number of nitrogens with two attached hydrogens (primary N) is 1. The van der Waals surface area contributed by atoms with Crippen LogP contribution in [0.1, 0.15) is 13.8 Å². The quantitative estimate of drug-likeness (QED) is 0.568. The summed E-state index contributed by atoms with van der Waals surface area (Å²) in [6, 6.07) is 1.92. The molecule has 17 heavy (non-hydrogen) atoms. The summed E-state index contributed by atoms with van der Waals surface area (Å²) in [6.07, 6.45) is 1.73. The molecule has 1 saturated heterocycles. The molecule has 2 heterocycles. The van der Waals surface area contributed by atoms with Gasteiger partial charge < -0.3 is 4.90 Å². The van der Waals surface area contributed by atoms with Crippen molar-refractivity contribution in [3.05, 3.63) is 12.3 Å². The Bertz CT molecular complexity index is 391. The SMILES string of the molecule is CN1CCN(c2ccnc(NN)n2)CC1(C)C. The highest BCUT2D eigenvalue weighted by Crippen LogP contribution is 2.23. The van der Waals surface area contributed by atoms with E-state index in [9.17, 15) is 0 Å². The van der Waals surface area contributed by atoms with Gasteiger partial charge in [0.15, 0.2) is 0 Å². The van der Waals surface area contributed by atoms with Crippen LogP contribution in [0.15, 0.2) is 12.3 Å². The average Bonchev–Trinajstić information content (AvgIpc) is 2.32. The maximum atomic E-state index is 5.32. The number of anilines is 2. The molecule has 0 spiro atoms. The summed E-state index contributed by atoms with van der Waals surface area (Å²) in [7, 11) is 2.16. The minimum absolute atomic E-state index is 0.152. The van der Waals surface area contributed by atoms with E-state index < -0.39 is 0 Å². The van der Waals surface area contributed by atoms with Crippen molar-refractivity contribution in [3.63, 3.8) is 0 Å². The van der Waals surface area contributed by atoms with E-state index in [1.54, 1.807) is 6.20 Å². The highest BCUT2D eigenvalue weighted by atomic mass is 15.3. The van der Waals surface area contributed by atoms with Crippen molar-refractivity contribution in [2.24, 2.45) is 5.84 Å². The number of likely N-dealkylation sites (N-methyl/N-ethyl adjacent to an activating group) is 1. The van der Waals surface area contributed by atoms with Crippen molar-refractivity contribution in [1.82, 2.24) is 14.9 Å². The molecule has 0 amide bonds. The molecule has 0 aromatic carbocycles. The Morgan fingerprint density at radius 2 is 2.18 bits per heavy atom. The van der Waals surface area contributed by atoms with E-state index in [4.69, 9.17) is 5.84 Å². The molecule has 1 fully saturated rings. The maximum absolute atomic E-state index is 5.32. The second-order valence-electron chi connectivity index (χ2n) is 5.04. The number of nitrogens with zero attached hydrogens (tertiary/aromatic N) is 4. The number of aromatic nitrogens is 2. The zero-order chi connectivity index (χ0) is 12.5. The predicted molar refractivity (Wildman–Crippen MR) is 68.8 cm³/mol. The van der Waals surface area contributed by atoms with Crippen LogP contribution < -0.4 is 16.2 Å². The second kappa shape index (κ2) is 4.46. The molecule has 0 aliphatic carbocycles. The molecule has 1 aromatic heterocycles. The number of nitrogens with one attached hydrogen (secondary N) is 1. The summed E-state index contributed by atoms with van der Waals surface area (Å²) in [5, 5.41) is 0. The molecule has 94 valence electrons. The summed E-state index contributed by atoms with van der Waals surface area (Å²) in [5.41, 5.74) is 2.63. The van der Waals surface area contributed by atoms with Gasteiger partial charge in [0.25, 0.3) is 0 Å². The smallest absolute Gasteiger partial charge is 0.239 e. The first-order valence-corrected chi connectivity index (χ1v) is 5.79. The fourth-order valence-electron chi connectivity index (χ4n) is 2.03. The van der Waals surface area contributed by atoms with Gasteiger partial charge in [-0.15, -0.1) is 0 Å². The Balaban J connectivity index is 2.17. The molecule has 0 unspecified atom stereocenters. The molecule has 0 bridgehead atoms. The molecule has 1 aliphatic rings. The monoisotopic (exact) mass is 236 g/mol. The predicted octanol–water partition coefficient (Wildman–Crippen LogP) is 0.293. The topological polar surface area (TPSA) is 70.3 Å². The van der Waals surface area contributed by atoms with Gasteiger partial charge in [-0.25, -0.2) is 10.8 Å². The molecule has 6 heteroatoms. The molecule has 0 radical (unpaired) electrons. The molecule has 3 N–H and O–H groups in total. The van der Waals surface area contributed by atoms with Gasteiger partial charge in [-0.05, 0) is 27.0 Å². The van der Waals surface area contributed by atoms with Gasteiger partial charge in [-0.3, -0.25) is 10.3 Å². The van der Waals surface area contributed by atoms with E-state index in [0.29, 0.717) is 5.95 Å². The van der Waals surface area contributed by atoms with Gasteiger partial charge in [0.1, 0.15) is 5.82 Å². The number of hydrogen-bond donors (Lipinski definition) is 2. The Morgan fingerprint density at radius 3 is 2.82 bits per heavy atom. The van der Waals surface area contributed by atoms with E-state index in [2.05, 4.69) is 46.1 Å². The summed E-state index contributed by atoms with van der Waals surface area (Å²) < 4.78 is 0. The molecule has 0 saturated carbocycles. The van der Waals surface area contributed by atoms with Gasteiger partial charge in [-0.1, -0.05) is 0 Å². The van der Waals surface area contributed by atoms with Crippen molar-refractivity contribution >= 4 is 11.8 Å². The van der Waals surface area contributed by atoms with Crippen molar-refractivity contribution in [1.29, 1.82) is 0 Å². The highest BCUT2D eigenvalue weighted by Gasteiger charge is 2.31. The van der Waals surface area contributed by atoms with Crippen molar-refractivity contribution in [3.8, 4) is 0 Å². The van der Waals surface area contributed by atoms with Crippen LogP contribution in [-0.4, -0.2) is 47.1 Å². The van der Waals surface area contributed by atoms with Crippen LogP contribution in [0.5, 0.6) is 0 Å². The van der Waals surface area contributed by atoms with E-state index in [1.807, 2.05) is 6.07 Å². The third-order valence-corrected chi connectivity index (χ3v) is 3.41. The summed E-state index contributed by atoms with van der Waals surface area (Å²) >= 11 is 0. The molecule has 0 atom stereocenters. The lowest BCUT2D eigenvalue weighted by Gasteiger charge is -2.45. The fourth-order valence-corrected chi connectivity index (χ4v) is 2.03. The van der Waals surface area contributed by atoms with E-state index >= 15 is 0 Å². The summed E-state index contributed by atoms with van der Waals surface area (Å²) in [6.45, 7) is 7.43. The number of hydrazine groups is 1. The van der Waals surface area contributed by atoms with Gasteiger partial charge >= 0.3 is 0 Å². The van der Waals surface area contributed by atoms with E-state index in [0.717, 1.165) is 25.5 Å². The molecular weight excluding hydrogens is 216 g/mol. The fraction of sp³-hybridized carbons (Fsp3) is 0.636. The van der Waals surface area contributed by atoms with Crippen LogP contribution in [0, 0.1) is 0 Å². The molecule has 6 nitrogen and oxygen atoms in total. The van der Waals surface area contributed by atoms with E-state index in [-0.39, 0.29) is 5.54 Å². The number of piperazine rings is 1. The summed E-state index contributed by atoms with van der Waals surface area (Å²) in [5.74, 6) is 6.70. The van der Waals surface area contributed by atoms with Crippen molar-refractivity contribution in [2.75, 3.05) is 37.0 Å². The van der Waals surface area contributed by atoms with Crippen LogP contribution in [-0.2, 0) is 0 Å². The van der Waals surface area contributed by atoms with Crippen LogP contribution in [0.25, 0.3) is 0 Å². The largest absolute Gasteiger partial charge is 0.353 e. The van der Waals surface area contributed by atoms with Gasteiger partial charge in [-0.2, -0.15) is 4.98 Å². The number of nitrogen functional groups attached to an aromatic ring is 1. The van der Waals surface area contributed by atoms with Crippen LogP contribution >= 0.6 is 0 Å². The lowest BCUT2D eigenvalue weighted by atomic mass is 10.00. The Morgan fingerprint density at radius 1 is 1.41 bits per heavy atom. The van der Waals surface area contributed by atoms with Crippen LogP contribution in [0.4, 0.5) is 11.8 Å². The number of hydrogen-bond acceptors (Lipinski definition) is 6. The van der Waals surface area contributed by atoms with Crippen LogP contribution in [0.3, 0.4) is 0 Å². The molecule has 1 aliphatic heterocycles.